The zero-order valence-corrected chi connectivity index (χ0v) is 10.7. The predicted molar refractivity (Wildman–Crippen MR) is 63.8 cm³/mol. The maximum absolute atomic E-state index is 11.7. The predicted octanol–water partition coefficient (Wildman–Crippen LogP) is 2.03. The Morgan fingerprint density at radius 1 is 1.56 bits per heavy atom. The molecule has 1 aromatic rings. The molecule has 16 heavy (non-hydrogen) atoms. The average Bonchev–Trinajstić information content (AvgIpc) is 2.47. The van der Waals surface area contributed by atoms with Crippen molar-refractivity contribution in [2.24, 2.45) is 12.5 Å². The molecule has 0 bridgehead atoms. The molecule has 0 spiro atoms. The molecule has 90 valence electrons. The van der Waals surface area contributed by atoms with Crippen LogP contribution < -0.4 is 5.32 Å². The molecule has 0 aromatic carbocycles. The van der Waals surface area contributed by atoms with Crippen LogP contribution in [0, 0.1) is 5.41 Å². The second-order valence-electron chi connectivity index (χ2n) is 5.47. The second-order valence-corrected chi connectivity index (χ2v) is 5.47. The van der Waals surface area contributed by atoms with E-state index >= 15 is 0 Å². The van der Waals surface area contributed by atoms with E-state index in [1.54, 1.807) is 10.9 Å². The van der Waals surface area contributed by atoms with Crippen molar-refractivity contribution in [3.63, 3.8) is 0 Å². The van der Waals surface area contributed by atoms with Gasteiger partial charge in [-0.1, -0.05) is 20.8 Å². The van der Waals surface area contributed by atoms with Gasteiger partial charge < -0.3 is 5.32 Å². The summed E-state index contributed by atoms with van der Waals surface area (Å²) in [6.07, 6.45) is 4.24. The Hall–Kier alpha value is -1.32. The molecular formula is C12H21N3O. The molecule has 1 aromatic heterocycles. The number of rotatable bonds is 3. The maximum atomic E-state index is 11.7. The van der Waals surface area contributed by atoms with Crippen molar-refractivity contribution in [2.45, 2.75) is 40.2 Å². The molecule has 0 aliphatic rings. The van der Waals surface area contributed by atoms with Crippen molar-refractivity contribution in [2.75, 3.05) is 0 Å². The first-order valence-corrected chi connectivity index (χ1v) is 5.56. The normalized spacial score (nSPS) is 13.6. The molecule has 1 N–H and O–H groups in total. The highest BCUT2D eigenvalue weighted by atomic mass is 16.1. The lowest BCUT2D eigenvalue weighted by Crippen LogP contribution is -2.29. The number of nitrogens with one attached hydrogen (secondary N) is 1. The molecule has 0 radical (unpaired) electrons. The van der Waals surface area contributed by atoms with Crippen LogP contribution in [0.15, 0.2) is 12.4 Å². The first-order chi connectivity index (χ1) is 7.28. The Balaban J connectivity index is 2.52. The fourth-order valence-electron chi connectivity index (χ4n) is 1.52. The molecule has 0 unspecified atom stereocenters. The van der Waals surface area contributed by atoms with E-state index in [9.17, 15) is 4.79 Å². The highest BCUT2D eigenvalue weighted by molar-refractivity contribution is 5.77. The molecule has 0 aliphatic heterocycles. The highest BCUT2D eigenvalue weighted by Gasteiger charge is 2.18. The summed E-state index contributed by atoms with van der Waals surface area (Å²) in [5.41, 5.74) is 1.06. The Morgan fingerprint density at radius 3 is 2.62 bits per heavy atom. The van der Waals surface area contributed by atoms with E-state index in [0.29, 0.717) is 6.42 Å². The largest absolute Gasteiger partial charge is 0.349 e. The summed E-state index contributed by atoms with van der Waals surface area (Å²) in [4.78, 5) is 11.7. The van der Waals surface area contributed by atoms with Gasteiger partial charge in [-0.05, 0) is 12.3 Å². The van der Waals surface area contributed by atoms with Crippen LogP contribution in [-0.4, -0.2) is 15.7 Å². The lowest BCUT2D eigenvalue weighted by atomic mass is 9.92. The number of nitrogens with zero attached hydrogens (tertiary/aromatic N) is 2. The van der Waals surface area contributed by atoms with Crippen molar-refractivity contribution in [1.29, 1.82) is 0 Å². The van der Waals surface area contributed by atoms with E-state index < -0.39 is 0 Å². The molecule has 1 rings (SSSR count). The lowest BCUT2D eigenvalue weighted by Gasteiger charge is -2.19. The monoisotopic (exact) mass is 223 g/mol. The molecule has 0 saturated heterocycles. The number of carbonyl (C=O) groups excluding carboxylic acids is 1. The Morgan fingerprint density at radius 2 is 2.19 bits per heavy atom. The van der Waals surface area contributed by atoms with Crippen LogP contribution in [0.25, 0.3) is 0 Å². The number of hydrogen-bond donors (Lipinski definition) is 1. The summed E-state index contributed by atoms with van der Waals surface area (Å²) < 4.78 is 1.74. The van der Waals surface area contributed by atoms with Gasteiger partial charge in [0.05, 0.1) is 12.2 Å². The Labute approximate surface area is 97.0 Å². The quantitative estimate of drug-likeness (QED) is 0.852. The molecule has 1 heterocycles. The van der Waals surface area contributed by atoms with Gasteiger partial charge in [-0.25, -0.2) is 0 Å². The first-order valence-electron chi connectivity index (χ1n) is 5.56. The zero-order chi connectivity index (χ0) is 12.3. The first kappa shape index (κ1) is 12.7. The molecule has 0 fully saturated rings. The minimum Gasteiger partial charge on any atom is -0.349 e. The van der Waals surface area contributed by atoms with Crippen LogP contribution in [0.4, 0.5) is 0 Å². The summed E-state index contributed by atoms with van der Waals surface area (Å²) in [5.74, 6) is 0.0869. The van der Waals surface area contributed by atoms with Crippen molar-refractivity contribution >= 4 is 5.91 Å². The van der Waals surface area contributed by atoms with Gasteiger partial charge in [-0.15, -0.1) is 0 Å². The fourth-order valence-corrected chi connectivity index (χ4v) is 1.52. The van der Waals surface area contributed by atoms with Crippen LogP contribution in [0.2, 0.25) is 0 Å². The van der Waals surface area contributed by atoms with Crippen molar-refractivity contribution in [1.82, 2.24) is 15.1 Å². The van der Waals surface area contributed by atoms with Crippen LogP contribution in [-0.2, 0) is 11.8 Å². The van der Waals surface area contributed by atoms with Crippen molar-refractivity contribution < 1.29 is 4.79 Å². The second kappa shape index (κ2) is 4.68. The Kier molecular flexibility index (Phi) is 3.73. The third kappa shape index (κ3) is 4.04. The molecule has 0 aliphatic carbocycles. The average molecular weight is 223 g/mol. The van der Waals surface area contributed by atoms with Gasteiger partial charge in [0, 0.05) is 25.2 Å². The molecular weight excluding hydrogens is 202 g/mol. The van der Waals surface area contributed by atoms with Gasteiger partial charge in [0.2, 0.25) is 5.91 Å². The SMILES string of the molecule is C[C@H](NC(=O)CC(C)(C)C)c1cnn(C)c1. The lowest BCUT2D eigenvalue weighted by molar-refractivity contribution is -0.123. The van der Waals surface area contributed by atoms with E-state index in [1.807, 2.05) is 20.2 Å². The number of hydrogen-bond acceptors (Lipinski definition) is 2. The topological polar surface area (TPSA) is 46.9 Å². The van der Waals surface area contributed by atoms with E-state index in [1.165, 1.54) is 0 Å². The summed E-state index contributed by atoms with van der Waals surface area (Å²) in [5, 5.41) is 7.06. The minimum absolute atomic E-state index is 0.0172. The fraction of sp³-hybridized carbons (Fsp3) is 0.667. The smallest absolute Gasteiger partial charge is 0.220 e. The summed E-state index contributed by atoms with van der Waals surface area (Å²) >= 11 is 0. The van der Waals surface area contributed by atoms with E-state index in [0.717, 1.165) is 5.56 Å². The van der Waals surface area contributed by atoms with Crippen molar-refractivity contribution in [3.05, 3.63) is 18.0 Å². The van der Waals surface area contributed by atoms with Gasteiger partial charge in [0.15, 0.2) is 0 Å². The van der Waals surface area contributed by atoms with Crippen LogP contribution in [0.1, 0.15) is 45.7 Å². The van der Waals surface area contributed by atoms with E-state index in [2.05, 4.69) is 31.2 Å². The van der Waals surface area contributed by atoms with Crippen molar-refractivity contribution in [3.8, 4) is 0 Å². The van der Waals surface area contributed by atoms with Gasteiger partial charge in [-0.2, -0.15) is 5.10 Å². The van der Waals surface area contributed by atoms with Crippen LogP contribution in [0.5, 0.6) is 0 Å². The van der Waals surface area contributed by atoms with Gasteiger partial charge in [0.1, 0.15) is 0 Å². The molecule has 0 saturated carbocycles. The summed E-state index contributed by atoms with van der Waals surface area (Å²) in [6, 6.07) is 0.0172. The van der Waals surface area contributed by atoms with Gasteiger partial charge >= 0.3 is 0 Å². The standard InChI is InChI=1S/C12H21N3O/c1-9(10-7-13-15(5)8-10)14-11(16)6-12(2,3)4/h7-9H,6H2,1-5H3,(H,14,16)/t9-/m0/s1. The third-order valence-corrected chi connectivity index (χ3v) is 2.29. The van der Waals surface area contributed by atoms with E-state index in [4.69, 9.17) is 0 Å². The van der Waals surface area contributed by atoms with E-state index in [-0.39, 0.29) is 17.4 Å². The molecule has 1 amide bonds. The molecule has 1 atom stereocenters. The van der Waals surface area contributed by atoms with Gasteiger partial charge in [-0.3, -0.25) is 9.48 Å². The number of aryl methyl sites for hydroxylation is 1. The number of carbonyl (C=O) groups is 1. The third-order valence-electron chi connectivity index (χ3n) is 2.29. The van der Waals surface area contributed by atoms with Crippen LogP contribution in [0.3, 0.4) is 0 Å². The minimum atomic E-state index is 0.0172. The zero-order valence-electron chi connectivity index (χ0n) is 10.7. The van der Waals surface area contributed by atoms with Gasteiger partial charge in [0.25, 0.3) is 0 Å². The van der Waals surface area contributed by atoms with Crippen LogP contribution >= 0.6 is 0 Å². The summed E-state index contributed by atoms with van der Waals surface area (Å²) in [6.45, 7) is 8.14. The number of amides is 1. The molecule has 4 heteroatoms. The highest BCUT2D eigenvalue weighted by Crippen LogP contribution is 2.19. The maximum Gasteiger partial charge on any atom is 0.220 e. The Bertz CT molecular complexity index is 363. The number of aromatic nitrogens is 2. The molecule has 4 nitrogen and oxygen atoms in total. The summed E-state index contributed by atoms with van der Waals surface area (Å²) in [7, 11) is 1.87.